The summed E-state index contributed by atoms with van der Waals surface area (Å²) < 4.78 is 5.33. The Morgan fingerprint density at radius 2 is 2.00 bits per heavy atom. The van der Waals surface area contributed by atoms with Crippen LogP contribution < -0.4 is 10.1 Å². The third-order valence-corrected chi connectivity index (χ3v) is 3.70. The molecule has 0 bridgehead atoms. The third kappa shape index (κ3) is 3.22. The highest BCUT2D eigenvalue weighted by molar-refractivity contribution is 5.43. The first-order chi connectivity index (χ1) is 8.22. The Labute approximate surface area is 104 Å². The van der Waals surface area contributed by atoms with Crippen molar-refractivity contribution in [3.8, 4) is 5.75 Å². The summed E-state index contributed by atoms with van der Waals surface area (Å²) in [4.78, 5) is 0. The average molecular weight is 233 g/mol. The van der Waals surface area contributed by atoms with Crippen LogP contribution in [0.1, 0.15) is 36.0 Å². The van der Waals surface area contributed by atoms with Gasteiger partial charge in [-0.2, -0.15) is 0 Å². The minimum Gasteiger partial charge on any atom is -0.496 e. The fourth-order valence-corrected chi connectivity index (χ4v) is 2.22. The molecule has 1 aromatic carbocycles. The Bertz CT molecular complexity index is 383. The Hall–Kier alpha value is -1.02. The molecule has 0 aliphatic heterocycles. The molecule has 0 amide bonds. The van der Waals surface area contributed by atoms with E-state index in [4.69, 9.17) is 4.74 Å². The lowest BCUT2D eigenvalue weighted by molar-refractivity contribution is 0.411. The van der Waals surface area contributed by atoms with Gasteiger partial charge in [0.25, 0.3) is 0 Å². The maximum atomic E-state index is 5.33. The molecular formula is C15H23NO. The summed E-state index contributed by atoms with van der Waals surface area (Å²) in [5.41, 5.74) is 4.12. The van der Waals surface area contributed by atoms with Gasteiger partial charge in [0.05, 0.1) is 7.11 Å². The van der Waals surface area contributed by atoms with Gasteiger partial charge < -0.3 is 10.1 Å². The van der Waals surface area contributed by atoms with Gasteiger partial charge in [0.15, 0.2) is 0 Å². The Balaban J connectivity index is 1.88. The highest BCUT2D eigenvalue weighted by Crippen LogP contribution is 2.24. The van der Waals surface area contributed by atoms with Crippen molar-refractivity contribution in [1.29, 1.82) is 0 Å². The molecule has 2 heteroatoms. The van der Waals surface area contributed by atoms with Crippen LogP contribution in [0.5, 0.6) is 5.75 Å². The molecule has 1 aliphatic rings. The van der Waals surface area contributed by atoms with Gasteiger partial charge in [0.2, 0.25) is 0 Å². The Kier molecular flexibility index (Phi) is 4.06. The first kappa shape index (κ1) is 12.4. The number of nitrogens with one attached hydrogen (secondary N) is 1. The van der Waals surface area contributed by atoms with Crippen LogP contribution in [-0.4, -0.2) is 19.7 Å². The maximum absolute atomic E-state index is 5.33. The second-order valence-electron chi connectivity index (χ2n) is 5.01. The van der Waals surface area contributed by atoms with Crippen molar-refractivity contribution in [3.63, 3.8) is 0 Å². The molecule has 0 radical (unpaired) electrons. The van der Waals surface area contributed by atoms with E-state index < -0.39 is 0 Å². The number of rotatable bonds is 6. The van der Waals surface area contributed by atoms with Crippen LogP contribution in [0.2, 0.25) is 0 Å². The van der Waals surface area contributed by atoms with Crippen LogP contribution in [0.3, 0.4) is 0 Å². The first-order valence-corrected chi connectivity index (χ1v) is 6.59. The van der Waals surface area contributed by atoms with Crippen LogP contribution in [0, 0.1) is 13.8 Å². The van der Waals surface area contributed by atoms with E-state index in [-0.39, 0.29) is 0 Å². The summed E-state index contributed by atoms with van der Waals surface area (Å²) in [6, 6.07) is 5.12. The topological polar surface area (TPSA) is 21.3 Å². The summed E-state index contributed by atoms with van der Waals surface area (Å²) in [5, 5.41) is 3.56. The van der Waals surface area contributed by atoms with Crippen molar-refractivity contribution in [1.82, 2.24) is 5.32 Å². The van der Waals surface area contributed by atoms with E-state index in [0.717, 1.165) is 24.8 Å². The zero-order chi connectivity index (χ0) is 12.3. The van der Waals surface area contributed by atoms with E-state index in [0.29, 0.717) is 0 Å². The second kappa shape index (κ2) is 5.54. The molecule has 2 nitrogen and oxygen atoms in total. The van der Waals surface area contributed by atoms with Gasteiger partial charge >= 0.3 is 0 Å². The average Bonchev–Trinajstić information content (AvgIpc) is 3.14. The van der Waals surface area contributed by atoms with Crippen molar-refractivity contribution in [3.05, 3.63) is 28.8 Å². The molecule has 1 saturated carbocycles. The molecule has 1 aliphatic carbocycles. The lowest BCUT2D eigenvalue weighted by atomic mass is 9.99. The molecule has 0 spiro atoms. The van der Waals surface area contributed by atoms with Crippen molar-refractivity contribution in [2.75, 3.05) is 13.7 Å². The molecule has 0 aromatic heterocycles. The molecule has 0 atom stereocenters. The summed E-state index contributed by atoms with van der Waals surface area (Å²) in [6.45, 7) is 5.48. The predicted molar refractivity (Wildman–Crippen MR) is 71.8 cm³/mol. The van der Waals surface area contributed by atoms with Gasteiger partial charge in [0.1, 0.15) is 5.75 Å². The van der Waals surface area contributed by atoms with Crippen LogP contribution in [-0.2, 0) is 6.42 Å². The second-order valence-corrected chi connectivity index (χ2v) is 5.01. The summed E-state index contributed by atoms with van der Waals surface area (Å²) >= 11 is 0. The van der Waals surface area contributed by atoms with Gasteiger partial charge in [-0.05, 0) is 68.8 Å². The molecule has 1 fully saturated rings. The van der Waals surface area contributed by atoms with Crippen molar-refractivity contribution in [2.45, 2.75) is 45.6 Å². The molecule has 17 heavy (non-hydrogen) atoms. The number of aryl methyl sites for hydroxylation is 1. The number of benzene rings is 1. The summed E-state index contributed by atoms with van der Waals surface area (Å²) in [6.07, 6.45) is 5.14. The molecule has 0 heterocycles. The highest BCUT2D eigenvalue weighted by atomic mass is 16.5. The molecule has 1 N–H and O–H groups in total. The fourth-order valence-electron chi connectivity index (χ4n) is 2.22. The number of ether oxygens (including phenoxy) is 1. The lowest BCUT2D eigenvalue weighted by Crippen LogP contribution is -2.18. The summed E-state index contributed by atoms with van der Waals surface area (Å²) in [5.74, 6) is 1.00. The molecule has 0 unspecified atom stereocenters. The third-order valence-electron chi connectivity index (χ3n) is 3.70. The smallest absolute Gasteiger partial charge is 0.122 e. The van der Waals surface area contributed by atoms with Gasteiger partial charge in [-0.1, -0.05) is 6.07 Å². The number of hydrogen-bond donors (Lipinski definition) is 1. The largest absolute Gasteiger partial charge is 0.496 e. The normalized spacial score (nSPS) is 15.0. The minimum absolute atomic E-state index is 0.828. The fraction of sp³-hybridized carbons (Fsp3) is 0.600. The van der Waals surface area contributed by atoms with Crippen molar-refractivity contribution in [2.24, 2.45) is 0 Å². The van der Waals surface area contributed by atoms with E-state index in [1.54, 1.807) is 7.11 Å². The molecule has 1 aromatic rings. The minimum atomic E-state index is 0.828. The first-order valence-electron chi connectivity index (χ1n) is 6.59. The molecular weight excluding hydrogens is 210 g/mol. The predicted octanol–water partition coefficient (Wildman–Crippen LogP) is 3.00. The van der Waals surface area contributed by atoms with Gasteiger partial charge in [-0.3, -0.25) is 0 Å². The summed E-state index contributed by atoms with van der Waals surface area (Å²) in [7, 11) is 1.74. The monoisotopic (exact) mass is 233 g/mol. The quantitative estimate of drug-likeness (QED) is 0.763. The Morgan fingerprint density at radius 3 is 2.65 bits per heavy atom. The Morgan fingerprint density at radius 1 is 1.24 bits per heavy atom. The van der Waals surface area contributed by atoms with Crippen molar-refractivity contribution < 1.29 is 4.74 Å². The molecule has 94 valence electrons. The molecule has 2 rings (SSSR count). The maximum Gasteiger partial charge on any atom is 0.122 e. The van der Waals surface area contributed by atoms with E-state index in [1.165, 1.54) is 36.0 Å². The standard InChI is InChI=1S/C15H23NO/c1-11-12(2)15(17-3)9-6-13(11)5-4-10-16-14-7-8-14/h6,9,14,16H,4-5,7-8,10H2,1-3H3. The van der Waals surface area contributed by atoms with E-state index in [9.17, 15) is 0 Å². The van der Waals surface area contributed by atoms with Crippen LogP contribution in [0.15, 0.2) is 12.1 Å². The van der Waals surface area contributed by atoms with E-state index in [1.807, 2.05) is 0 Å². The lowest BCUT2D eigenvalue weighted by Gasteiger charge is -2.12. The van der Waals surface area contributed by atoms with Crippen LogP contribution in [0.4, 0.5) is 0 Å². The van der Waals surface area contributed by atoms with Crippen LogP contribution in [0.25, 0.3) is 0 Å². The number of methoxy groups -OCH3 is 1. The van der Waals surface area contributed by atoms with Gasteiger partial charge in [-0.25, -0.2) is 0 Å². The van der Waals surface area contributed by atoms with E-state index >= 15 is 0 Å². The van der Waals surface area contributed by atoms with Crippen LogP contribution >= 0.6 is 0 Å². The van der Waals surface area contributed by atoms with Gasteiger partial charge in [0, 0.05) is 6.04 Å². The molecule has 0 saturated heterocycles. The number of hydrogen-bond acceptors (Lipinski definition) is 2. The zero-order valence-corrected chi connectivity index (χ0v) is 11.2. The van der Waals surface area contributed by atoms with E-state index in [2.05, 4.69) is 31.3 Å². The van der Waals surface area contributed by atoms with Crippen molar-refractivity contribution >= 4 is 0 Å². The SMILES string of the molecule is COc1ccc(CCCNC2CC2)c(C)c1C. The van der Waals surface area contributed by atoms with Gasteiger partial charge in [-0.15, -0.1) is 0 Å². The zero-order valence-electron chi connectivity index (χ0n) is 11.2. The highest BCUT2D eigenvalue weighted by Gasteiger charge is 2.19.